The van der Waals surface area contributed by atoms with E-state index in [1.807, 2.05) is 6.92 Å². The van der Waals surface area contributed by atoms with Crippen LogP contribution in [0.15, 0.2) is 18.2 Å². The van der Waals surface area contributed by atoms with Crippen molar-refractivity contribution in [3.63, 3.8) is 0 Å². The lowest BCUT2D eigenvalue weighted by Gasteiger charge is -2.27. The number of morpholine rings is 1. The lowest BCUT2D eigenvalue weighted by molar-refractivity contribution is -0.117. The lowest BCUT2D eigenvalue weighted by atomic mass is 10.1. The van der Waals surface area contributed by atoms with E-state index in [2.05, 4.69) is 5.32 Å². The predicted octanol–water partition coefficient (Wildman–Crippen LogP) is 1.23. The molecule has 1 aliphatic rings. The Morgan fingerprint density at radius 2 is 2.08 bits per heavy atom. The standard InChI is InChI=1S/C17H25N3O4/c1-3-4-13(18)16(21)19-14-11-12(5-6-15(14)23-2)17(22)20-7-9-24-10-8-20/h5-6,11,13H,3-4,7-10,18H2,1-2H3,(H,19,21). The fourth-order valence-corrected chi connectivity index (χ4v) is 2.56. The van der Waals surface area contributed by atoms with Crippen molar-refractivity contribution in [3.8, 4) is 5.75 Å². The van der Waals surface area contributed by atoms with E-state index in [9.17, 15) is 9.59 Å². The maximum atomic E-state index is 12.6. The summed E-state index contributed by atoms with van der Waals surface area (Å²) in [6.45, 7) is 4.17. The zero-order chi connectivity index (χ0) is 17.5. The van der Waals surface area contributed by atoms with E-state index in [1.54, 1.807) is 23.1 Å². The summed E-state index contributed by atoms with van der Waals surface area (Å²) in [5, 5.41) is 2.76. The van der Waals surface area contributed by atoms with Crippen LogP contribution in [0, 0.1) is 0 Å². The molecule has 7 nitrogen and oxygen atoms in total. The van der Waals surface area contributed by atoms with Gasteiger partial charge in [0.25, 0.3) is 5.91 Å². The van der Waals surface area contributed by atoms with E-state index in [1.165, 1.54) is 7.11 Å². The van der Waals surface area contributed by atoms with Gasteiger partial charge in [0, 0.05) is 18.7 Å². The molecule has 2 rings (SSSR count). The van der Waals surface area contributed by atoms with Crippen LogP contribution in [0.25, 0.3) is 0 Å². The highest BCUT2D eigenvalue weighted by Crippen LogP contribution is 2.26. The first-order valence-corrected chi connectivity index (χ1v) is 8.18. The first-order valence-electron chi connectivity index (χ1n) is 8.18. The van der Waals surface area contributed by atoms with Gasteiger partial charge >= 0.3 is 0 Å². The summed E-state index contributed by atoms with van der Waals surface area (Å²) < 4.78 is 10.5. The highest BCUT2D eigenvalue weighted by molar-refractivity contribution is 5.99. The van der Waals surface area contributed by atoms with Crippen LogP contribution in [0.4, 0.5) is 5.69 Å². The van der Waals surface area contributed by atoms with E-state index in [0.717, 1.165) is 6.42 Å². The molecule has 1 heterocycles. The minimum atomic E-state index is -0.585. The van der Waals surface area contributed by atoms with Gasteiger partial charge in [0.15, 0.2) is 0 Å². The van der Waals surface area contributed by atoms with Crippen molar-refractivity contribution in [2.45, 2.75) is 25.8 Å². The number of nitrogens with zero attached hydrogens (tertiary/aromatic N) is 1. The molecule has 1 aromatic rings. The lowest BCUT2D eigenvalue weighted by Crippen LogP contribution is -2.40. The number of hydrogen-bond donors (Lipinski definition) is 2. The van der Waals surface area contributed by atoms with Crippen molar-refractivity contribution in [2.24, 2.45) is 5.73 Å². The molecule has 0 spiro atoms. The smallest absolute Gasteiger partial charge is 0.254 e. The Kier molecular flexibility index (Phi) is 6.57. The largest absolute Gasteiger partial charge is 0.495 e. The van der Waals surface area contributed by atoms with Crippen LogP contribution in [0.3, 0.4) is 0 Å². The summed E-state index contributed by atoms with van der Waals surface area (Å²) in [5.41, 5.74) is 6.79. The third kappa shape index (κ3) is 4.46. The Hall–Kier alpha value is -2.12. The number of benzene rings is 1. The van der Waals surface area contributed by atoms with Crippen molar-refractivity contribution in [3.05, 3.63) is 23.8 Å². The van der Waals surface area contributed by atoms with Gasteiger partial charge in [0.2, 0.25) is 5.91 Å². The van der Waals surface area contributed by atoms with E-state index in [-0.39, 0.29) is 11.8 Å². The number of rotatable bonds is 6. The number of nitrogens with one attached hydrogen (secondary N) is 1. The third-order valence-corrected chi connectivity index (χ3v) is 3.94. The molecule has 0 bridgehead atoms. The van der Waals surface area contributed by atoms with Crippen molar-refractivity contribution < 1.29 is 19.1 Å². The molecular formula is C17H25N3O4. The minimum absolute atomic E-state index is 0.0886. The number of ether oxygens (including phenoxy) is 2. The summed E-state index contributed by atoms with van der Waals surface area (Å²) in [7, 11) is 1.51. The maximum Gasteiger partial charge on any atom is 0.254 e. The summed E-state index contributed by atoms with van der Waals surface area (Å²) in [6, 6.07) is 4.42. The second-order valence-corrected chi connectivity index (χ2v) is 5.70. The maximum absolute atomic E-state index is 12.6. The fraction of sp³-hybridized carbons (Fsp3) is 0.529. The molecule has 1 aliphatic heterocycles. The summed E-state index contributed by atoms with van der Waals surface area (Å²) in [6.07, 6.45) is 1.42. The van der Waals surface area contributed by atoms with Crippen molar-refractivity contribution in [2.75, 3.05) is 38.7 Å². The summed E-state index contributed by atoms with van der Waals surface area (Å²) in [4.78, 5) is 26.5. The minimum Gasteiger partial charge on any atom is -0.495 e. The summed E-state index contributed by atoms with van der Waals surface area (Å²) in [5.74, 6) is 0.117. The van der Waals surface area contributed by atoms with Crippen molar-refractivity contribution >= 4 is 17.5 Å². The molecule has 7 heteroatoms. The van der Waals surface area contributed by atoms with E-state index in [0.29, 0.717) is 49.7 Å². The van der Waals surface area contributed by atoms with Crippen molar-refractivity contribution in [1.29, 1.82) is 0 Å². The highest BCUT2D eigenvalue weighted by atomic mass is 16.5. The van der Waals surface area contributed by atoms with Gasteiger partial charge < -0.3 is 25.4 Å². The fourth-order valence-electron chi connectivity index (χ4n) is 2.56. The average molecular weight is 335 g/mol. The van der Waals surface area contributed by atoms with Crippen LogP contribution in [0.5, 0.6) is 5.75 Å². The van der Waals surface area contributed by atoms with Gasteiger partial charge in [-0.2, -0.15) is 0 Å². The first kappa shape index (κ1) is 18.2. The average Bonchev–Trinajstić information content (AvgIpc) is 2.62. The normalized spacial score (nSPS) is 15.7. The number of carbonyl (C=O) groups excluding carboxylic acids is 2. The summed E-state index contributed by atoms with van der Waals surface area (Å²) >= 11 is 0. The SMILES string of the molecule is CCCC(N)C(=O)Nc1cc(C(=O)N2CCOCC2)ccc1OC. The molecule has 1 fully saturated rings. The van der Waals surface area contributed by atoms with Crippen LogP contribution in [-0.4, -0.2) is 56.2 Å². The van der Waals surface area contributed by atoms with E-state index >= 15 is 0 Å². The Labute approximate surface area is 142 Å². The molecule has 1 unspecified atom stereocenters. The Morgan fingerprint density at radius 1 is 1.38 bits per heavy atom. The zero-order valence-electron chi connectivity index (χ0n) is 14.2. The Morgan fingerprint density at radius 3 is 2.71 bits per heavy atom. The van der Waals surface area contributed by atoms with Gasteiger partial charge in [0.1, 0.15) is 5.75 Å². The van der Waals surface area contributed by atoms with Crippen molar-refractivity contribution in [1.82, 2.24) is 4.90 Å². The number of methoxy groups -OCH3 is 1. The molecule has 3 N–H and O–H groups in total. The number of hydrogen-bond acceptors (Lipinski definition) is 5. The first-order chi connectivity index (χ1) is 11.6. The van der Waals surface area contributed by atoms with Gasteiger partial charge in [-0.1, -0.05) is 13.3 Å². The quantitative estimate of drug-likeness (QED) is 0.815. The van der Waals surface area contributed by atoms with Gasteiger partial charge in [-0.25, -0.2) is 0 Å². The van der Waals surface area contributed by atoms with Gasteiger partial charge in [-0.05, 0) is 24.6 Å². The molecule has 0 aromatic heterocycles. The van der Waals surface area contributed by atoms with Crippen LogP contribution >= 0.6 is 0 Å². The molecule has 0 aliphatic carbocycles. The van der Waals surface area contributed by atoms with Crippen LogP contribution in [-0.2, 0) is 9.53 Å². The van der Waals surface area contributed by atoms with E-state index in [4.69, 9.17) is 15.2 Å². The van der Waals surface area contributed by atoms with Crippen LogP contribution in [0.1, 0.15) is 30.1 Å². The molecular weight excluding hydrogens is 310 g/mol. The van der Waals surface area contributed by atoms with E-state index < -0.39 is 6.04 Å². The second-order valence-electron chi connectivity index (χ2n) is 5.70. The molecule has 132 valence electrons. The number of amides is 2. The van der Waals surface area contributed by atoms with Gasteiger partial charge in [0.05, 0.1) is 32.1 Å². The predicted molar refractivity (Wildman–Crippen MR) is 91.2 cm³/mol. The Balaban J connectivity index is 2.17. The third-order valence-electron chi connectivity index (χ3n) is 3.94. The molecule has 24 heavy (non-hydrogen) atoms. The molecule has 1 saturated heterocycles. The topological polar surface area (TPSA) is 93.9 Å². The monoisotopic (exact) mass is 335 g/mol. The molecule has 2 amide bonds. The van der Waals surface area contributed by atoms with Gasteiger partial charge in [-0.15, -0.1) is 0 Å². The van der Waals surface area contributed by atoms with Crippen LogP contribution < -0.4 is 15.8 Å². The highest BCUT2D eigenvalue weighted by Gasteiger charge is 2.21. The number of carbonyl (C=O) groups is 2. The number of nitrogens with two attached hydrogens (primary N) is 1. The second kappa shape index (κ2) is 8.65. The molecule has 0 radical (unpaired) electrons. The number of anilines is 1. The Bertz CT molecular complexity index is 585. The molecule has 1 aromatic carbocycles. The molecule has 1 atom stereocenters. The molecule has 0 saturated carbocycles. The van der Waals surface area contributed by atoms with Gasteiger partial charge in [-0.3, -0.25) is 9.59 Å². The van der Waals surface area contributed by atoms with Crippen LogP contribution in [0.2, 0.25) is 0 Å². The zero-order valence-corrected chi connectivity index (χ0v) is 14.2.